The summed E-state index contributed by atoms with van der Waals surface area (Å²) in [6.07, 6.45) is -1.73. The van der Waals surface area contributed by atoms with Gasteiger partial charge in [0.1, 0.15) is 11.6 Å². The molecule has 0 saturated heterocycles. The van der Waals surface area contributed by atoms with Crippen molar-refractivity contribution in [1.82, 2.24) is 9.55 Å². The van der Waals surface area contributed by atoms with Crippen LogP contribution in [-0.4, -0.2) is 21.8 Å². The van der Waals surface area contributed by atoms with E-state index in [0.717, 1.165) is 19.0 Å². The van der Waals surface area contributed by atoms with Crippen LogP contribution < -0.4 is 4.74 Å². The summed E-state index contributed by atoms with van der Waals surface area (Å²) < 4.78 is 45.6. The highest BCUT2D eigenvalue weighted by molar-refractivity contribution is 5.66. The van der Waals surface area contributed by atoms with E-state index in [9.17, 15) is 13.2 Å². The molecule has 1 aliphatic rings. The molecule has 1 fully saturated rings. The molecular formula is C15H15F3N2O2. The maximum atomic E-state index is 12.9. The summed E-state index contributed by atoms with van der Waals surface area (Å²) >= 11 is 0. The zero-order chi connectivity index (χ0) is 15.9. The van der Waals surface area contributed by atoms with E-state index in [1.54, 1.807) is 22.8 Å². The summed E-state index contributed by atoms with van der Waals surface area (Å²) in [5, 5.41) is 9.16. The van der Waals surface area contributed by atoms with Crippen molar-refractivity contribution in [2.45, 2.75) is 31.7 Å². The van der Waals surface area contributed by atoms with Crippen molar-refractivity contribution in [2.75, 3.05) is 7.11 Å². The van der Waals surface area contributed by atoms with Crippen LogP contribution in [0.25, 0.3) is 11.4 Å². The van der Waals surface area contributed by atoms with Crippen molar-refractivity contribution in [3.8, 4) is 17.1 Å². The fourth-order valence-corrected chi connectivity index (χ4v) is 2.38. The van der Waals surface area contributed by atoms with Gasteiger partial charge in [0.25, 0.3) is 0 Å². The van der Waals surface area contributed by atoms with Crippen molar-refractivity contribution in [2.24, 2.45) is 0 Å². The number of nitrogens with zero attached hydrogens (tertiary/aromatic N) is 2. The van der Waals surface area contributed by atoms with Crippen molar-refractivity contribution < 1.29 is 23.0 Å². The number of rotatable bonds is 4. The second-order valence-corrected chi connectivity index (χ2v) is 5.28. The van der Waals surface area contributed by atoms with Crippen LogP contribution in [0.5, 0.6) is 5.75 Å². The summed E-state index contributed by atoms with van der Waals surface area (Å²) in [5.74, 6) is 0.643. The van der Waals surface area contributed by atoms with Gasteiger partial charge >= 0.3 is 6.18 Å². The summed E-state index contributed by atoms with van der Waals surface area (Å²) in [6.45, 7) is -0.165. The molecule has 0 bridgehead atoms. The minimum absolute atomic E-state index is 0.0563. The molecule has 1 aromatic carbocycles. The second-order valence-electron chi connectivity index (χ2n) is 5.28. The fourth-order valence-electron chi connectivity index (χ4n) is 2.38. The molecule has 7 heteroatoms. The third-order valence-electron chi connectivity index (χ3n) is 3.65. The zero-order valence-corrected chi connectivity index (χ0v) is 11.9. The Labute approximate surface area is 125 Å². The van der Waals surface area contributed by atoms with Crippen LogP contribution in [-0.2, 0) is 12.8 Å². The average Bonchev–Trinajstić information content (AvgIpc) is 3.23. The van der Waals surface area contributed by atoms with Crippen LogP contribution >= 0.6 is 0 Å². The lowest BCUT2D eigenvalue weighted by Gasteiger charge is -2.11. The summed E-state index contributed by atoms with van der Waals surface area (Å²) in [6, 6.07) is 4.94. The van der Waals surface area contributed by atoms with Crippen LogP contribution in [0.3, 0.4) is 0 Å². The van der Waals surface area contributed by atoms with Gasteiger partial charge in [0.05, 0.1) is 19.3 Å². The maximum absolute atomic E-state index is 12.9. The lowest BCUT2D eigenvalue weighted by atomic mass is 10.1. The zero-order valence-electron chi connectivity index (χ0n) is 11.9. The Hall–Kier alpha value is -2.02. The smallest absolute Gasteiger partial charge is 0.434 e. The predicted molar refractivity (Wildman–Crippen MR) is 73.4 cm³/mol. The molecule has 1 N–H and O–H groups in total. The lowest BCUT2D eigenvalue weighted by Crippen LogP contribution is -2.05. The number of hydrogen-bond acceptors (Lipinski definition) is 3. The van der Waals surface area contributed by atoms with Crippen molar-refractivity contribution in [3.63, 3.8) is 0 Å². The second kappa shape index (κ2) is 5.31. The first kappa shape index (κ1) is 14.9. The van der Waals surface area contributed by atoms with E-state index in [1.807, 2.05) is 0 Å². The largest absolute Gasteiger partial charge is 0.496 e. The maximum Gasteiger partial charge on any atom is 0.434 e. The molecule has 0 atom stereocenters. The molecule has 0 spiro atoms. The van der Waals surface area contributed by atoms with Gasteiger partial charge in [-0.15, -0.1) is 0 Å². The Balaban J connectivity index is 2.13. The molecule has 1 aliphatic carbocycles. The molecular weight excluding hydrogens is 297 g/mol. The Kier molecular flexibility index (Phi) is 3.60. The van der Waals surface area contributed by atoms with Gasteiger partial charge in [0, 0.05) is 12.2 Å². The van der Waals surface area contributed by atoms with Crippen LogP contribution in [0.1, 0.15) is 30.1 Å². The SMILES string of the molecule is COc1cc(CO)ccc1-c1nc(C(F)(F)F)cn1C1CC1. The first-order valence-electron chi connectivity index (χ1n) is 6.88. The van der Waals surface area contributed by atoms with Crippen molar-refractivity contribution >= 4 is 0 Å². The molecule has 3 rings (SSSR count). The number of aliphatic hydroxyl groups is 1. The third kappa shape index (κ3) is 2.68. The van der Waals surface area contributed by atoms with Crippen LogP contribution in [0.4, 0.5) is 13.2 Å². The van der Waals surface area contributed by atoms with Crippen molar-refractivity contribution in [3.05, 3.63) is 35.7 Å². The monoisotopic (exact) mass is 312 g/mol. The van der Waals surface area contributed by atoms with E-state index >= 15 is 0 Å². The predicted octanol–water partition coefficient (Wildman–Crippen LogP) is 3.40. The molecule has 0 aliphatic heterocycles. The number of hydrogen-bond donors (Lipinski definition) is 1. The normalized spacial score (nSPS) is 15.1. The summed E-state index contributed by atoms with van der Waals surface area (Å²) in [5.41, 5.74) is 0.214. The first-order chi connectivity index (χ1) is 10.4. The molecule has 1 aromatic heterocycles. The Bertz CT molecular complexity index is 691. The Morgan fingerprint density at radius 2 is 2.09 bits per heavy atom. The molecule has 4 nitrogen and oxygen atoms in total. The molecule has 22 heavy (non-hydrogen) atoms. The number of benzene rings is 1. The fraction of sp³-hybridized carbons (Fsp3) is 0.400. The van der Waals surface area contributed by atoms with Gasteiger partial charge in [-0.25, -0.2) is 4.98 Å². The first-order valence-corrected chi connectivity index (χ1v) is 6.88. The van der Waals surface area contributed by atoms with Gasteiger partial charge in [0.15, 0.2) is 5.69 Å². The number of alkyl halides is 3. The van der Waals surface area contributed by atoms with Crippen LogP contribution in [0, 0.1) is 0 Å². The van der Waals surface area contributed by atoms with E-state index in [4.69, 9.17) is 9.84 Å². The van der Waals surface area contributed by atoms with Gasteiger partial charge in [-0.05, 0) is 30.5 Å². The van der Waals surface area contributed by atoms with Crippen LogP contribution in [0.2, 0.25) is 0 Å². The van der Waals surface area contributed by atoms with E-state index < -0.39 is 11.9 Å². The third-order valence-corrected chi connectivity index (χ3v) is 3.65. The molecule has 118 valence electrons. The van der Waals surface area contributed by atoms with Gasteiger partial charge in [0.2, 0.25) is 0 Å². The minimum Gasteiger partial charge on any atom is -0.496 e. The molecule has 0 amide bonds. The average molecular weight is 312 g/mol. The van der Waals surface area contributed by atoms with Gasteiger partial charge in [-0.2, -0.15) is 13.2 Å². The number of ether oxygens (including phenoxy) is 1. The Morgan fingerprint density at radius 1 is 1.36 bits per heavy atom. The number of methoxy groups -OCH3 is 1. The standard InChI is InChI=1S/C15H15F3N2O2/c1-22-12-6-9(8-21)2-5-11(12)14-19-13(15(16,17)18)7-20(14)10-3-4-10/h2,5-7,10,21H,3-4,8H2,1H3. The number of aliphatic hydroxyl groups excluding tert-OH is 1. The molecule has 0 radical (unpaired) electrons. The topological polar surface area (TPSA) is 47.3 Å². The van der Waals surface area contributed by atoms with E-state index in [-0.39, 0.29) is 18.5 Å². The highest BCUT2D eigenvalue weighted by Crippen LogP contribution is 2.42. The van der Waals surface area contributed by atoms with Crippen LogP contribution in [0.15, 0.2) is 24.4 Å². The summed E-state index contributed by atoms with van der Waals surface area (Å²) in [7, 11) is 1.44. The highest BCUT2D eigenvalue weighted by atomic mass is 19.4. The quantitative estimate of drug-likeness (QED) is 0.941. The highest BCUT2D eigenvalue weighted by Gasteiger charge is 2.37. The van der Waals surface area contributed by atoms with Crippen molar-refractivity contribution in [1.29, 1.82) is 0 Å². The number of halogens is 3. The molecule has 2 aromatic rings. The molecule has 0 unspecified atom stereocenters. The van der Waals surface area contributed by atoms with Gasteiger partial charge in [-0.1, -0.05) is 6.07 Å². The minimum atomic E-state index is -4.48. The lowest BCUT2D eigenvalue weighted by molar-refractivity contribution is -0.140. The van der Waals surface area contributed by atoms with E-state index in [0.29, 0.717) is 16.9 Å². The summed E-state index contributed by atoms with van der Waals surface area (Å²) in [4.78, 5) is 3.77. The van der Waals surface area contributed by atoms with Gasteiger partial charge in [-0.3, -0.25) is 0 Å². The molecule has 1 saturated carbocycles. The van der Waals surface area contributed by atoms with E-state index in [1.165, 1.54) is 7.11 Å². The molecule has 1 heterocycles. The number of imidazole rings is 1. The van der Waals surface area contributed by atoms with Gasteiger partial charge < -0.3 is 14.4 Å². The number of aromatic nitrogens is 2. The Morgan fingerprint density at radius 3 is 2.64 bits per heavy atom. The van der Waals surface area contributed by atoms with E-state index in [2.05, 4.69) is 4.98 Å².